The van der Waals surface area contributed by atoms with E-state index in [1.54, 1.807) is 14.2 Å². The van der Waals surface area contributed by atoms with E-state index in [0.717, 1.165) is 24.5 Å². The quantitative estimate of drug-likeness (QED) is 0.767. The van der Waals surface area contributed by atoms with Gasteiger partial charge in [-0.25, -0.2) is 0 Å². The second-order valence-electron chi connectivity index (χ2n) is 4.76. The van der Waals surface area contributed by atoms with Gasteiger partial charge in [0.05, 0.1) is 13.2 Å². The van der Waals surface area contributed by atoms with Gasteiger partial charge in [0.15, 0.2) is 11.5 Å². The Morgan fingerprint density at radius 2 is 1.95 bits per heavy atom. The molecule has 1 aliphatic carbocycles. The van der Waals surface area contributed by atoms with Crippen LogP contribution in [0.5, 0.6) is 11.5 Å². The highest BCUT2D eigenvalue weighted by atomic mass is 16.5. The van der Waals surface area contributed by atoms with E-state index < -0.39 is 0 Å². The maximum absolute atomic E-state index is 5.73. The van der Waals surface area contributed by atoms with Crippen LogP contribution in [0.15, 0.2) is 24.3 Å². The van der Waals surface area contributed by atoms with Crippen molar-refractivity contribution in [2.45, 2.75) is 31.4 Å². The fourth-order valence-electron chi connectivity index (χ4n) is 2.59. The molecule has 1 aromatic carbocycles. The van der Waals surface area contributed by atoms with Crippen molar-refractivity contribution < 1.29 is 14.2 Å². The van der Waals surface area contributed by atoms with Crippen LogP contribution < -0.4 is 14.8 Å². The van der Waals surface area contributed by atoms with Crippen LogP contribution >= 0.6 is 0 Å². The first-order chi connectivity index (χ1) is 9.35. The summed E-state index contributed by atoms with van der Waals surface area (Å²) in [6.07, 6.45) is 3.93. The second-order valence-corrected chi connectivity index (χ2v) is 4.76. The average molecular weight is 265 g/mol. The number of benzene rings is 1. The van der Waals surface area contributed by atoms with Gasteiger partial charge in [0.25, 0.3) is 0 Å². The minimum Gasteiger partial charge on any atom is -0.493 e. The first-order valence-electron chi connectivity index (χ1n) is 6.87. The second kappa shape index (κ2) is 7.36. The van der Waals surface area contributed by atoms with E-state index in [1.165, 1.54) is 12.8 Å². The summed E-state index contributed by atoms with van der Waals surface area (Å²) >= 11 is 0. The zero-order chi connectivity index (χ0) is 13.5. The molecule has 0 saturated heterocycles. The molecule has 19 heavy (non-hydrogen) atoms. The standard InChI is InChI=1S/C15H23NO3/c1-17-13-9-5-6-12(13)16-10-11-19-15-8-4-3-7-14(15)18-2/h3-4,7-8,12-13,16H,5-6,9-11H2,1-2H3. The lowest BCUT2D eigenvalue weighted by atomic mass is 10.2. The average Bonchev–Trinajstić information content (AvgIpc) is 2.91. The largest absolute Gasteiger partial charge is 0.493 e. The van der Waals surface area contributed by atoms with Gasteiger partial charge >= 0.3 is 0 Å². The molecule has 0 spiro atoms. The van der Waals surface area contributed by atoms with Gasteiger partial charge in [-0.15, -0.1) is 0 Å². The molecule has 0 aliphatic heterocycles. The van der Waals surface area contributed by atoms with E-state index in [-0.39, 0.29) is 0 Å². The Kier molecular flexibility index (Phi) is 5.48. The van der Waals surface area contributed by atoms with E-state index in [1.807, 2.05) is 24.3 Å². The molecule has 106 valence electrons. The number of rotatable bonds is 7. The number of hydrogen-bond donors (Lipinski definition) is 1. The van der Waals surface area contributed by atoms with Crippen LogP contribution in [0.3, 0.4) is 0 Å². The molecule has 0 radical (unpaired) electrons. The molecule has 1 aliphatic rings. The van der Waals surface area contributed by atoms with Gasteiger partial charge in [-0.2, -0.15) is 0 Å². The summed E-state index contributed by atoms with van der Waals surface area (Å²) in [6.45, 7) is 1.45. The monoisotopic (exact) mass is 265 g/mol. The van der Waals surface area contributed by atoms with Crippen LogP contribution in [0, 0.1) is 0 Å². The zero-order valence-corrected chi connectivity index (χ0v) is 11.7. The van der Waals surface area contributed by atoms with Crippen LogP contribution in [0.25, 0.3) is 0 Å². The molecule has 1 N–H and O–H groups in total. The highest BCUT2D eigenvalue weighted by Crippen LogP contribution is 2.25. The van der Waals surface area contributed by atoms with Gasteiger partial charge in [-0.05, 0) is 31.4 Å². The molecule has 2 atom stereocenters. The Hall–Kier alpha value is -1.26. The lowest BCUT2D eigenvalue weighted by Gasteiger charge is -2.19. The minimum atomic E-state index is 0.353. The number of methoxy groups -OCH3 is 2. The summed E-state index contributed by atoms with van der Waals surface area (Å²) < 4.78 is 16.4. The minimum absolute atomic E-state index is 0.353. The lowest BCUT2D eigenvalue weighted by molar-refractivity contribution is 0.0839. The van der Waals surface area contributed by atoms with Crippen molar-refractivity contribution in [1.82, 2.24) is 5.32 Å². The summed E-state index contributed by atoms with van der Waals surface area (Å²) in [5.41, 5.74) is 0. The van der Waals surface area contributed by atoms with E-state index in [9.17, 15) is 0 Å². The maximum atomic E-state index is 5.73. The highest BCUT2D eigenvalue weighted by molar-refractivity contribution is 5.39. The van der Waals surface area contributed by atoms with Crippen molar-refractivity contribution in [3.63, 3.8) is 0 Å². The lowest BCUT2D eigenvalue weighted by Crippen LogP contribution is -2.38. The third kappa shape index (κ3) is 3.85. The molecule has 0 bridgehead atoms. The van der Waals surface area contributed by atoms with Crippen molar-refractivity contribution in [2.75, 3.05) is 27.4 Å². The van der Waals surface area contributed by atoms with Gasteiger partial charge in [-0.3, -0.25) is 0 Å². The third-order valence-corrected chi connectivity index (χ3v) is 3.59. The molecule has 0 amide bonds. The number of nitrogens with one attached hydrogen (secondary N) is 1. The summed E-state index contributed by atoms with van der Waals surface area (Å²) in [6, 6.07) is 8.17. The fraction of sp³-hybridized carbons (Fsp3) is 0.600. The molecule has 2 unspecified atom stereocenters. The SMILES string of the molecule is COc1ccccc1OCCNC1CCCC1OC. The number of para-hydroxylation sites is 2. The van der Waals surface area contributed by atoms with Crippen LogP contribution in [-0.2, 0) is 4.74 Å². The van der Waals surface area contributed by atoms with Crippen LogP contribution in [0.2, 0.25) is 0 Å². The Morgan fingerprint density at radius 3 is 2.68 bits per heavy atom. The number of ether oxygens (including phenoxy) is 3. The van der Waals surface area contributed by atoms with E-state index >= 15 is 0 Å². The number of hydrogen-bond acceptors (Lipinski definition) is 4. The molecule has 0 heterocycles. The van der Waals surface area contributed by atoms with Crippen LogP contribution in [-0.4, -0.2) is 39.5 Å². The smallest absolute Gasteiger partial charge is 0.161 e. The Morgan fingerprint density at radius 1 is 1.16 bits per heavy atom. The van der Waals surface area contributed by atoms with Gasteiger partial charge < -0.3 is 19.5 Å². The van der Waals surface area contributed by atoms with Crippen LogP contribution in [0.4, 0.5) is 0 Å². The summed E-state index contributed by atoms with van der Waals surface area (Å²) in [5, 5.41) is 3.50. The molecule has 0 aromatic heterocycles. The van der Waals surface area contributed by atoms with Gasteiger partial charge in [-0.1, -0.05) is 12.1 Å². The fourth-order valence-corrected chi connectivity index (χ4v) is 2.59. The van der Waals surface area contributed by atoms with Crippen molar-refractivity contribution >= 4 is 0 Å². The predicted octanol–water partition coefficient (Wildman–Crippen LogP) is 2.23. The summed E-state index contributed by atoms with van der Waals surface area (Å²) in [7, 11) is 3.44. The Labute approximate surface area is 115 Å². The van der Waals surface area contributed by atoms with Crippen molar-refractivity contribution in [3.8, 4) is 11.5 Å². The highest BCUT2D eigenvalue weighted by Gasteiger charge is 2.26. The van der Waals surface area contributed by atoms with Gasteiger partial charge in [0, 0.05) is 19.7 Å². The Balaban J connectivity index is 1.72. The molecule has 2 rings (SSSR count). The molecule has 1 fully saturated rings. The topological polar surface area (TPSA) is 39.7 Å². The van der Waals surface area contributed by atoms with Gasteiger partial charge in [0.1, 0.15) is 6.61 Å². The van der Waals surface area contributed by atoms with E-state index in [2.05, 4.69) is 5.32 Å². The zero-order valence-electron chi connectivity index (χ0n) is 11.7. The van der Waals surface area contributed by atoms with Gasteiger partial charge in [0.2, 0.25) is 0 Å². The van der Waals surface area contributed by atoms with E-state index in [0.29, 0.717) is 18.8 Å². The molecule has 4 heteroatoms. The molecule has 4 nitrogen and oxygen atoms in total. The Bertz CT molecular complexity index is 383. The molecule has 1 saturated carbocycles. The van der Waals surface area contributed by atoms with Crippen molar-refractivity contribution in [1.29, 1.82) is 0 Å². The molecule has 1 aromatic rings. The first-order valence-corrected chi connectivity index (χ1v) is 6.87. The predicted molar refractivity (Wildman–Crippen MR) is 74.9 cm³/mol. The molecular formula is C15H23NO3. The third-order valence-electron chi connectivity index (χ3n) is 3.59. The molecular weight excluding hydrogens is 242 g/mol. The van der Waals surface area contributed by atoms with Crippen molar-refractivity contribution in [3.05, 3.63) is 24.3 Å². The maximum Gasteiger partial charge on any atom is 0.161 e. The van der Waals surface area contributed by atoms with Crippen molar-refractivity contribution in [2.24, 2.45) is 0 Å². The van der Waals surface area contributed by atoms with E-state index in [4.69, 9.17) is 14.2 Å². The van der Waals surface area contributed by atoms with Crippen LogP contribution in [0.1, 0.15) is 19.3 Å². The summed E-state index contributed by atoms with van der Waals surface area (Å²) in [4.78, 5) is 0. The summed E-state index contributed by atoms with van der Waals surface area (Å²) in [5.74, 6) is 1.57. The first kappa shape index (κ1) is 14.2. The normalized spacial score (nSPS) is 22.4.